The summed E-state index contributed by atoms with van der Waals surface area (Å²) in [5.74, 6) is 1.12. The summed E-state index contributed by atoms with van der Waals surface area (Å²) in [6.45, 7) is 5.26. The highest BCUT2D eigenvalue weighted by Gasteiger charge is 2.17. The van der Waals surface area contributed by atoms with E-state index < -0.39 is 0 Å². The number of aryl methyl sites for hydroxylation is 2. The largest absolute Gasteiger partial charge is 0.345 e. The van der Waals surface area contributed by atoms with E-state index >= 15 is 0 Å². The second-order valence-electron chi connectivity index (χ2n) is 3.83. The van der Waals surface area contributed by atoms with Crippen LogP contribution in [0, 0.1) is 13.8 Å². The molecule has 0 spiro atoms. The number of H-pyrrole nitrogens is 1. The minimum atomic E-state index is 0.459. The predicted molar refractivity (Wildman–Crippen MR) is 52.7 cm³/mol. The van der Waals surface area contributed by atoms with Crippen LogP contribution in [0.5, 0.6) is 0 Å². The molecule has 13 heavy (non-hydrogen) atoms. The SMILES string of the molecule is Cc1nc([C@H]2CCCCN2)[nH]c1C. The van der Waals surface area contributed by atoms with Gasteiger partial charge >= 0.3 is 0 Å². The van der Waals surface area contributed by atoms with Gasteiger partial charge in [0.05, 0.1) is 11.7 Å². The highest BCUT2D eigenvalue weighted by Crippen LogP contribution is 2.21. The quantitative estimate of drug-likeness (QED) is 0.690. The van der Waals surface area contributed by atoms with E-state index in [4.69, 9.17) is 0 Å². The van der Waals surface area contributed by atoms with E-state index in [9.17, 15) is 0 Å². The van der Waals surface area contributed by atoms with Gasteiger partial charge in [-0.2, -0.15) is 0 Å². The summed E-state index contributed by atoms with van der Waals surface area (Å²) in [6, 6.07) is 0.459. The molecule has 0 radical (unpaired) electrons. The first-order chi connectivity index (χ1) is 6.27. The van der Waals surface area contributed by atoms with E-state index in [1.807, 2.05) is 0 Å². The van der Waals surface area contributed by atoms with Gasteiger partial charge in [0.1, 0.15) is 5.82 Å². The molecule has 0 amide bonds. The Morgan fingerprint density at radius 2 is 2.15 bits per heavy atom. The van der Waals surface area contributed by atoms with Gasteiger partial charge in [0.2, 0.25) is 0 Å². The molecule has 2 N–H and O–H groups in total. The van der Waals surface area contributed by atoms with E-state index in [1.54, 1.807) is 0 Å². The molecule has 1 aromatic heterocycles. The van der Waals surface area contributed by atoms with Crippen LogP contribution in [0.3, 0.4) is 0 Å². The van der Waals surface area contributed by atoms with Crippen molar-refractivity contribution >= 4 is 0 Å². The summed E-state index contributed by atoms with van der Waals surface area (Å²) < 4.78 is 0. The Labute approximate surface area is 79.0 Å². The van der Waals surface area contributed by atoms with Crippen molar-refractivity contribution in [1.29, 1.82) is 0 Å². The molecule has 3 heteroatoms. The van der Waals surface area contributed by atoms with Crippen LogP contribution in [0.2, 0.25) is 0 Å². The van der Waals surface area contributed by atoms with Crippen molar-refractivity contribution in [3.05, 3.63) is 17.2 Å². The van der Waals surface area contributed by atoms with Crippen molar-refractivity contribution in [3.63, 3.8) is 0 Å². The van der Waals surface area contributed by atoms with Crippen LogP contribution in [0.1, 0.15) is 42.5 Å². The van der Waals surface area contributed by atoms with Gasteiger partial charge in [0, 0.05) is 5.69 Å². The van der Waals surface area contributed by atoms with Crippen LogP contribution in [-0.2, 0) is 0 Å². The molecule has 0 unspecified atom stereocenters. The third-order valence-electron chi connectivity index (χ3n) is 2.79. The van der Waals surface area contributed by atoms with E-state index in [2.05, 4.69) is 29.1 Å². The number of nitrogens with zero attached hydrogens (tertiary/aromatic N) is 1. The number of piperidine rings is 1. The highest BCUT2D eigenvalue weighted by atomic mass is 15.0. The average molecular weight is 179 g/mol. The van der Waals surface area contributed by atoms with Crippen LogP contribution < -0.4 is 5.32 Å². The molecule has 72 valence electrons. The van der Waals surface area contributed by atoms with Gasteiger partial charge in [-0.15, -0.1) is 0 Å². The van der Waals surface area contributed by atoms with Crippen molar-refractivity contribution in [3.8, 4) is 0 Å². The standard InChI is InChI=1S/C10H17N3/c1-7-8(2)13-10(12-7)9-5-3-4-6-11-9/h9,11H,3-6H2,1-2H3,(H,12,13)/t9-/m1/s1. The number of aromatic nitrogens is 2. The summed E-state index contributed by atoms with van der Waals surface area (Å²) in [4.78, 5) is 7.86. The predicted octanol–water partition coefficient (Wildman–Crippen LogP) is 1.84. The summed E-state index contributed by atoms with van der Waals surface area (Å²) >= 11 is 0. The van der Waals surface area contributed by atoms with Gasteiger partial charge < -0.3 is 10.3 Å². The minimum Gasteiger partial charge on any atom is -0.345 e. The first-order valence-electron chi connectivity index (χ1n) is 5.04. The Hall–Kier alpha value is -0.830. The molecule has 1 fully saturated rings. The normalized spacial score (nSPS) is 23.4. The zero-order chi connectivity index (χ0) is 9.26. The van der Waals surface area contributed by atoms with Crippen LogP contribution >= 0.6 is 0 Å². The molecule has 0 aromatic carbocycles. The molecule has 0 bridgehead atoms. The summed E-state index contributed by atoms with van der Waals surface area (Å²) in [5, 5.41) is 3.48. The van der Waals surface area contributed by atoms with Gasteiger partial charge in [0.15, 0.2) is 0 Å². The molecular formula is C10H17N3. The van der Waals surface area contributed by atoms with Crippen molar-refractivity contribution in [2.75, 3.05) is 6.54 Å². The summed E-state index contributed by atoms with van der Waals surface area (Å²) in [5.41, 5.74) is 2.32. The average Bonchev–Trinajstić information content (AvgIpc) is 2.49. The smallest absolute Gasteiger partial charge is 0.123 e. The molecule has 2 heterocycles. The lowest BCUT2D eigenvalue weighted by atomic mass is 10.0. The van der Waals surface area contributed by atoms with Crippen LogP contribution in [0.25, 0.3) is 0 Å². The van der Waals surface area contributed by atoms with E-state index in [0.717, 1.165) is 18.1 Å². The third-order valence-corrected chi connectivity index (χ3v) is 2.79. The molecule has 1 atom stereocenters. The lowest BCUT2D eigenvalue weighted by Crippen LogP contribution is -2.27. The number of imidazole rings is 1. The minimum absolute atomic E-state index is 0.459. The van der Waals surface area contributed by atoms with E-state index in [0.29, 0.717) is 6.04 Å². The van der Waals surface area contributed by atoms with Crippen LogP contribution in [-0.4, -0.2) is 16.5 Å². The maximum atomic E-state index is 4.52. The lowest BCUT2D eigenvalue weighted by Gasteiger charge is -2.21. The van der Waals surface area contributed by atoms with Crippen LogP contribution in [0.4, 0.5) is 0 Å². The highest BCUT2D eigenvalue weighted by molar-refractivity contribution is 5.13. The fraction of sp³-hybridized carbons (Fsp3) is 0.700. The number of rotatable bonds is 1. The first kappa shape index (κ1) is 8.75. The fourth-order valence-electron chi connectivity index (χ4n) is 1.83. The topological polar surface area (TPSA) is 40.7 Å². The van der Waals surface area contributed by atoms with Crippen LogP contribution in [0.15, 0.2) is 0 Å². The maximum absolute atomic E-state index is 4.52. The summed E-state index contributed by atoms with van der Waals surface area (Å²) in [6.07, 6.45) is 3.83. The Morgan fingerprint density at radius 3 is 2.69 bits per heavy atom. The molecule has 1 saturated heterocycles. The van der Waals surface area contributed by atoms with Gasteiger partial charge in [0.25, 0.3) is 0 Å². The van der Waals surface area contributed by atoms with Crippen molar-refractivity contribution in [2.45, 2.75) is 39.2 Å². The molecule has 2 rings (SSSR count). The first-order valence-corrected chi connectivity index (χ1v) is 5.04. The monoisotopic (exact) mass is 179 g/mol. The molecule has 1 aliphatic rings. The maximum Gasteiger partial charge on any atom is 0.123 e. The second kappa shape index (κ2) is 3.50. The van der Waals surface area contributed by atoms with Gasteiger partial charge in [-0.1, -0.05) is 6.42 Å². The molecule has 3 nitrogen and oxygen atoms in total. The number of aromatic amines is 1. The molecule has 1 aromatic rings. The fourth-order valence-corrected chi connectivity index (χ4v) is 1.83. The Bertz CT molecular complexity index is 265. The van der Waals surface area contributed by atoms with E-state index in [-0.39, 0.29) is 0 Å². The Morgan fingerprint density at radius 1 is 1.31 bits per heavy atom. The molecule has 0 aliphatic carbocycles. The molecule has 0 saturated carbocycles. The van der Waals surface area contributed by atoms with Crippen molar-refractivity contribution in [1.82, 2.24) is 15.3 Å². The van der Waals surface area contributed by atoms with Gasteiger partial charge in [-0.05, 0) is 33.2 Å². The van der Waals surface area contributed by atoms with Gasteiger partial charge in [-0.25, -0.2) is 4.98 Å². The zero-order valence-electron chi connectivity index (χ0n) is 8.35. The Balaban J connectivity index is 2.14. The molecular weight excluding hydrogens is 162 g/mol. The lowest BCUT2D eigenvalue weighted by molar-refractivity contribution is 0.399. The molecule has 1 aliphatic heterocycles. The number of hydrogen-bond donors (Lipinski definition) is 2. The van der Waals surface area contributed by atoms with E-state index in [1.165, 1.54) is 25.0 Å². The van der Waals surface area contributed by atoms with Crippen molar-refractivity contribution < 1.29 is 0 Å². The number of nitrogens with one attached hydrogen (secondary N) is 2. The third kappa shape index (κ3) is 1.75. The number of hydrogen-bond acceptors (Lipinski definition) is 2. The van der Waals surface area contributed by atoms with Gasteiger partial charge in [-0.3, -0.25) is 0 Å². The second-order valence-corrected chi connectivity index (χ2v) is 3.83. The zero-order valence-corrected chi connectivity index (χ0v) is 8.35. The Kier molecular flexibility index (Phi) is 2.36. The summed E-state index contributed by atoms with van der Waals surface area (Å²) in [7, 11) is 0. The van der Waals surface area contributed by atoms with Crippen molar-refractivity contribution in [2.24, 2.45) is 0 Å².